The summed E-state index contributed by atoms with van der Waals surface area (Å²) in [7, 11) is 0. The van der Waals surface area contributed by atoms with Crippen LogP contribution in [0.5, 0.6) is 0 Å². The number of aryl methyl sites for hydroxylation is 1. The van der Waals surface area contributed by atoms with E-state index >= 15 is 0 Å². The Morgan fingerprint density at radius 2 is 1.75 bits per heavy atom. The van der Waals surface area contributed by atoms with Crippen molar-refractivity contribution < 1.29 is 9.90 Å². The molecule has 20 heavy (non-hydrogen) atoms. The predicted octanol–water partition coefficient (Wildman–Crippen LogP) is 3.91. The monoisotopic (exact) mass is 263 g/mol. The Bertz CT molecular complexity index is 792. The first kappa shape index (κ1) is 12.4. The fourth-order valence-electron chi connectivity index (χ4n) is 2.14. The number of benzene rings is 2. The zero-order valence-corrected chi connectivity index (χ0v) is 11.0. The van der Waals surface area contributed by atoms with E-state index in [1.165, 1.54) is 5.56 Å². The third kappa shape index (κ3) is 2.26. The molecule has 0 spiro atoms. The Hall–Kier alpha value is -2.68. The number of carboxylic acids is 1. The van der Waals surface area contributed by atoms with Gasteiger partial charge in [-0.15, -0.1) is 0 Å². The largest absolute Gasteiger partial charge is 0.478 e. The molecule has 2 aromatic carbocycles. The Balaban J connectivity index is 2.09. The fourth-order valence-corrected chi connectivity index (χ4v) is 2.14. The third-order valence-corrected chi connectivity index (χ3v) is 3.28. The van der Waals surface area contributed by atoms with Crippen LogP contribution in [0.25, 0.3) is 22.2 Å². The standard InChI is InChI=1S/C17H13NO2/c1-11-2-4-12(5-3-11)15-8-6-13-10-14(17(19)20)7-9-16(13)18-15/h2-10H,1H3,(H,19,20). The summed E-state index contributed by atoms with van der Waals surface area (Å²) < 4.78 is 0. The summed E-state index contributed by atoms with van der Waals surface area (Å²) in [5.41, 5.74) is 4.23. The molecule has 98 valence electrons. The molecule has 0 radical (unpaired) electrons. The number of rotatable bonds is 2. The molecule has 3 rings (SSSR count). The number of carbonyl (C=O) groups is 1. The molecule has 3 nitrogen and oxygen atoms in total. The Morgan fingerprint density at radius 3 is 2.45 bits per heavy atom. The third-order valence-electron chi connectivity index (χ3n) is 3.28. The van der Waals surface area contributed by atoms with Crippen molar-refractivity contribution in [1.82, 2.24) is 4.98 Å². The van der Waals surface area contributed by atoms with E-state index in [-0.39, 0.29) is 5.56 Å². The molecule has 3 aromatic rings. The predicted molar refractivity (Wildman–Crippen MR) is 78.9 cm³/mol. The number of nitrogens with zero attached hydrogens (tertiary/aromatic N) is 1. The molecular formula is C17H13NO2. The minimum atomic E-state index is -0.922. The van der Waals surface area contributed by atoms with Crippen molar-refractivity contribution in [2.24, 2.45) is 0 Å². The van der Waals surface area contributed by atoms with Gasteiger partial charge < -0.3 is 5.11 Å². The van der Waals surface area contributed by atoms with Crippen LogP contribution in [0.2, 0.25) is 0 Å². The minimum Gasteiger partial charge on any atom is -0.478 e. The Morgan fingerprint density at radius 1 is 1.00 bits per heavy atom. The first-order valence-electron chi connectivity index (χ1n) is 6.35. The lowest BCUT2D eigenvalue weighted by molar-refractivity contribution is 0.0697. The number of hydrogen-bond acceptors (Lipinski definition) is 2. The van der Waals surface area contributed by atoms with E-state index in [9.17, 15) is 4.79 Å². The Kier molecular flexibility index (Phi) is 2.95. The van der Waals surface area contributed by atoms with E-state index in [4.69, 9.17) is 5.11 Å². The lowest BCUT2D eigenvalue weighted by Crippen LogP contribution is -1.96. The van der Waals surface area contributed by atoms with Gasteiger partial charge in [0.2, 0.25) is 0 Å². The normalized spacial score (nSPS) is 10.7. The van der Waals surface area contributed by atoms with Gasteiger partial charge >= 0.3 is 5.97 Å². The van der Waals surface area contributed by atoms with Crippen molar-refractivity contribution in [2.45, 2.75) is 6.92 Å². The molecule has 0 unspecified atom stereocenters. The molecule has 0 saturated carbocycles. The first-order chi connectivity index (χ1) is 9.63. The summed E-state index contributed by atoms with van der Waals surface area (Å²) >= 11 is 0. The maximum atomic E-state index is 10.9. The fraction of sp³-hybridized carbons (Fsp3) is 0.0588. The molecule has 0 aliphatic rings. The summed E-state index contributed by atoms with van der Waals surface area (Å²) in [6, 6.07) is 17.0. The molecular weight excluding hydrogens is 250 g/mol. The van der Waals surface area contributed by atoms with E-state index in [0.717, 1.165) is 22.2 Å². The van der Waals surface area contributed by atoms with Crippen LogP contribution in [0, 0.1) is 6.92 Å². The lowest BCUT2D eigenvalue weighted by atomic mass is 10.1. The van der Waals surface area contributed by atoms with Crippen molar-refractivity contribution in [3.05, 3.63) is 65.7 Å². The minimum absolute atomic E-state index is 0.280. The zero-order valence-electron chi connectivity index (χ0n) is 11.0. The maximum absolute atomic E-state index is 10.9. The molecule has 0 aliphatic carbocycles. The van der Waals surface area contributed by atoms with Gasteiger partial charge in [0.1, 0.15) is 0 Å². The second-order valence-electron chi connectivity index (χ2n) is 4.78. The molecule has 1 N–H and O–H groups in total. The van der Waals surface area contributed by atoms with Crippen LogP contribution < -0.4 is 0 Å². The van der Waals surface area contributed by atoms with Crippen LogP contribution in [0.15, 0.2) is 54.6 Å². The zero-order chi connectivity index (χ0) is 14.1. The first-order valence-corrected chi connectivity index (χ1v) is 6.35. The average Bonchev–Trinajstić information content (AvgIpc) is 2.47. The highest BCUT2D eigenvalue weighted by Crippen LogP contribution is 2.22. The van der Waals surface area contributed by atoms with Crippen LogP contribution in [0.1, 0.15) is 15.9 Å². The van der Waals surface area contributed by atoms with Gasteiger partial charge in [-0.3, -0.25) is 0 Å². The second kappa shape index (κ2) is 4.78. The molecule has 1 aromatic heterocycles. The van der Waals surface area contributed by atoms with Crippen LogP contribution in [0.3, 0.4) is 0 Å². The molecule has 0 amide bonds. The van der Waals surface area contributed by atoms with E-state index in [1.54, 1.807) is 18.2 Å². The summed E-state index contributed by atoms with van der Waals surface area (Å²) in [6.45, 7) is 2.05. The van der Waals surface area contributed by atoms with Crippen molar-refractivity contribution >= 4 is 16.9 Å². The van der Waals surface area contributed by atoms with E-state index in [0.29, 0.717) is 0 Å². The SMILES string of the molecule is Cc1ccc(-c2ccc3cc(C(=O)O)ccc3n2)cc1. The number of hydrogen-bond donors (Lipinski definition) is 1. The van der Waals surface area contributed by atoms with E-state index < -0.39 is 5.97 Å². The highest BCUT2D eigenvalue weighted by molar-refractivity contribution is 5.93. The van der Waals surface area contributed by atoms with Gasteiger partial charge in [0.05, 0.1) is 16.8 Å². The highest BCUT2D eigenvalue weighted by atomic mass is 16.4. The molecule has 0 fully saturated rings. The van der Waals surface area contributed by atoms with Gasteiger partial charge in [0.15, 0.2) is 0 Å². The Labute approximate surface area is 116 Å². The molecule has 0 saturated heterocycles. The molecule has 1 heterocycles. The van der Waals surface area contributed by atoms with Gasteiger partial charge in [-0.25, -0.2) is 9.78 Å². The molecule has 0 bridgehead atoms. The number of aromatic carboxylic acids is 1. The smallest absolute Gasteiger partial charge is 0.335 e. The van der Waals surface area contributed by atoms with E-state index in [1.807, 2.05) is 31.2 Å². The quantitative estimate of drug-likeness (QED) is 0.762. The van der Waals surface area contributed by atoms with Gasteiger partial charge in [0.25, 0.3) is 0 Å². The molecule has 3 heteroatoms. The van der Waals surface area contributed by atoms with Gasteiger partial charge in [-0.2, -0.15) is 0 Å². The number of aromatic nitrogens is 1. The van der Waals surface area contributed by atoms with Crippen LogP contribution in [-0.4, -0.2) is 16.1 Å². The topological polar surface area (TPSA) is 50.2 Å². The number of fused-ring (bicyclic) bond motifs is 1. The van der Waals surface area contributed by atoms with Gasteiger partial charge in [0, 0.05) is 10.9 Å². The van der Waals surface area contributed by atoms with Crippen molar-refractivity contribution in [1.29, 1.82) is 0 Å². The van der Waals surface area contributed by atoms with Crippen molar-refractivity contribution in [3.63, 3.8) is 0 Å². The maximum Gasteiger partial charge on any atom is 0.335 e. The summed E-state index contributed by atoms with van der Waals surface area (Å²) in [6.07, 6.45) is 0. The van der Waals surface area contributed by atoms with Crippen molar-refractivity contribution in [3.8, 4) is 11.3 Å². The van der Waals surface area contributed by atoms with Crippen LogP contribution in [0.4, 0.5) is 0 Å². The number of pyridine rings is 1. The lowest BCUT2D eigenvalue weighted by Gasteiger charge is -2.04. The average molecular weight is 263 g/mol. The summed E-state index contributed by atoms with van der Waals surface area (Å²) in [5, 5.41) is 9.82. The van der Waals surface area contributed by atoms with Gasteiger partial charge in [-0.05, 0) is 31.2 Å². The second-order valence-corrected chi connectivity index (χ2v) is 4.78. The van der Waals surface area contributed by atoms with Crippen LogP contribution >= 0.6 is 0 Å². The summed E-state index contributed by atoms with van der Waals surface area (Å²) in [5.74, 6) is -0.922. The molecule has 0 atom stereocenters. The van der Waals surface area contributed by atoms with Crippen molar-refractivity contribution in [2.75, 3.05) is 0 Å². The van der Waals surface area contributed by atoms with E-state index in [2.05, 4.69) is 17.1 Å². The summed E-state index contributed by atoms with van der Waals surface area (Å²) in [4.78, 5) is 15.5. The molecule has 0 aliphatic heterocycles. The highest BCUT2D eigenvalue weighted by Gasteiger charge is 2.06. The van der Waals surface area contributed by atoms with Gasteiger partial charge in [-0.1, -0.05) is 35.9 Å². The number of carboxylic acid groups (broad SMARTS) is 1. The van der Waals surface area contributed by atoms with Crippen LogP contribution in [-0.2, 0) is 0 Å².